The van der Waals surface area contributed by atoms with Crippen LogP contribution in [0.4, 0.5) is 0 Å². The molecule has 1 aromatic carbocycles. The van der Waals surface area contributed by atoms with Crippen LogP contribution in [0.5, 0.6) is 0 Å². The summed E-state index contributed by atoms with van der Waals surface area (Å²) in [5.74, 6) is 1.08. The van der Waals surface area contributed by atoms with Gasteiger partial charge in [-0.2, -0.15) is 0 Å². The second-order valence-corrected chi connectivity index (χ2v) is 6.12. The van der Waals surface area contributed by atoms with Gasteiger partial charge in [-0.1, -0.05) is 29.8 Å². The molecule has 1 atom stereocenters. The van der Waals surface area contributed by atoms with Crippen molar-refractivity contribution in [1.82, 2.24) is 14.9 Å². The molecular weight excluding hydrogens is 246 g/mol. The molecule has 3 nitrogen and oxygen atoms in total. The molecule has 0 spiro atoms. The highest BCUT2D eigenvalue weighted by atomic mass is 15.1. The molecule has 0 aliphatic heterocycles. The number of aromatic nitrogens is 2. The minimum absolute atomic E-state index is 0.210. The van der Waals surface area contributed by atoms with Crippen LogP contribution in [0.1, 0.15) is 36.7 Å². The third kappa shape index (κ3) is 2.63. The zero-order chi connectivity index (χ0) is 14.2. The van der Waals surface area contributed by atoms with E-state index in [0.717, 1.165) is 12.4 Å². The Kier molecular flexibility index (Phi) is 3.38. The highest BCUT2D eigenvalue weighted by Crippen LogP contribution is 2.45. The van der Waals surface area contributed by atoms with Crippen molar-refractivity contribution in [3.05, 3.63) is 53.6 Å². The van der Waals surface area contributed by atoms with Crippen LogP contribution in [0.3, 0.4) is 0 Å². The van der Waals surface area contributed by atoms with Crippen LogP contribution >= 0.6 is 0 Å². The summed E-state index contributed by atoms with van der Waals surface area (Å²) in [6.45, 7) is 7.42. The maximum absolute atomic E-state index is 4.28. The zero-order valence-electron chi connectivity index (χ0n) is 12.6. The minimum atomic E-state index is 0.210. The van der Waals surface area contributed by atoms with Crippen molar-refractivity contribution in [3.8, 4) is 0 Å². The molecule has 1 N–H and O–H groups in total. The topological polar surface area (TPSA) is 29.9 Å². The van der Waals surface area contributed by atoms with Gasteiger partial charge in [-0.25, -0.2) is 4.98 Å². The molecule has 1 aliphatic rings. The fraction of sp³-hybridized carbons (Fsp3) is 0.471. The first-order valence-corrected chi connectivity index (χ1v) is 7.42. The molecule has 0 amide bonds. The normalized spacial score (nSPS) is 17.9. The number of nitrogens with zero attached hydrogens (tertiary/aromatic N) is 2. The quantitative estimate of drug-likeness (QED) is 0.903. The summed E-state index contributed by atoms with van der Waals surface area (Å²) in [6, 6.07) is 9.39. The summed E-state index contributed by atoms with van der Waals surface area (Å²) in [6.07, 6.45) is 6.40. The summed E-state index contributed by atoms with van der Waals surface area (Å²) < 4.78 is 2.21. The van der Waals surface area contributed by atoms with Gasteiger partial charge in [0.1, 0.15) is 5.82 Å². The molecule has 106 valence electrons. The SMILES string of the molecule is Cc1ccc(C2(NC(C)Cn3ccnc3C)CC2)cc1. The highest BCUT2D eigenvalue weighted by Gasteiger charge is 2.44. The molecule has 1 fully saturated rings. The lowest BCUT2D eigenvalue weighted by molar-refractivity contribution is 0.397. The Hall–Kier alpha value is -1.61. The molecule has 1 heterocycles. The first kappa shape index (κ1) is 13.4. The number of benzene rings is 1. The van der Waals surface area contributed by atoms with E-state index in [0.29, 0.717) is 6.04 Å². The van der Waals surface area contributed by atoms with Crippen LogP contribution in [-0.4, -0.2) is 15.6 Å². The number of aryl methyl sites for hydroxylation is 2. The Morgan fingerprint density at radius 2 is 1.95 bits per heavy atom. The van der Waals surface area contributed by atoms with Gasteiger partial charge in [-0.05, 0) is 39.2 Å². The van der Waals surface area contributed by atoms with E-state index in [4.69, 9.17) is 0 Å². The monoisotopic (exact) mass is 269 g/mol. The van der Waals surface area contributed by atoms with Crippen molar-refractivity contribution in [3.63, 3.8) is 0 Å². The van der Waals surface area contributed by atoms with Gasteiger partial charge in [-0.15, -0.1) is 0 Å². The van der Waals surface area contributed by atoms with E-state index in [-0.39, 0.29) is 5.54 Å². The van der Waals surface area contributed by atoms with Gasteiger partial charge in [-0.3, -0.25) is 0 Å². The van der Waals surface area contributed by atoms with E-state index in [1.54, 1.807) is 0 Å². The largest absolute Gasteiger partial charge is 0.334 e. The molecule has 3 rings (SSSR count). The summed E-state index contributed by atoms with van der Waals surface area (Å²) in [7, 11) is 0. The Labute approximate surface area is 121 Å². The van der Waals surface area contributed by atoms with Gasteiger partial charge in [0.15, 0.2) is 0 Å². The summed E-state index contributed by atoms with van der Waals surface area (Å²) in [5.41, 5.74) is 2.96. The van der Waals surface area contributed by atoms with Crippen LogP contribution < -0.4 is 5.32 Å². The summed E-state index contributed by atoms with van der Waals surface area (Å²) in [5, 5.41) is 3.82. The smallest absolute Gasteiger partial charge is 0.105 e. The molecule has 2 aromatic rings. The van der Waals surface area contributed by atoms with E-state index >= 15 is 0 Å². The molecule has 0 radical (unpaired) electrons. The summed E-state index contributed by atoms with van der Waals surface area (Å²) >= 11 is 0. The van der Waals surface area contributed by atoms with E-state index in [1.807, 2.05) is 6.20 Å². The number of rotatable bonds is 5. The van der Waals surface area contributed by atoms with Crippen LogP contribution in [0.15, 0.2) is 36.7 Å². The minimum Gasteiger partial charge on any atom is -0.334 e. The third-order valence-electron chi connectivity index (χ3n) is 4.27. The van der Waals surface area contributed by atoms with Gasteiger partial charge in [0.05, 0.1) is 0 Å². The average molecular weight is 269 g/mol. The van der Waals surface area contributed by atoms with Crippen molar-refractivity contribution < 1.29 is 0 Å². The van der Waals surface area contributed by atoms with Gasteiger partial charge < -0.3 is 9.88 Å². The molecule has 3 heteroatoms. The Morgan fingerprint density at radius 1 is 1.25 bits per heavy atom. The van der Waals surface area contributed by atoms with Crippen molar-refractivity contribution in [2.24, 2.45) is 0 Å². The van der Waals surface area contributed by atoms with E-state index in [1.165, 1.54) is 24.0 Å². The lowest BCUT2D eigenvalue weighted by atomic mass is 10.0. The number of imidazole rings is 1. The lowest BCUT2D eigenvalue weighted by Gasteiger charge is -2.24. The second-order valence-electron chi connectivity index (χ2n) is 6.12. The fourth-order valence-electron chi connectivity index (χ4n) is 2.92. The molecule has 1 aromatic heterocycles. The van der Waals surface area contributed by atoms with E-state index in [9.17, 15) is 0 Å². The Bertz CT molecular complexity index is 579. The van der Waals surface area contributed by atoms with Crippen LogP contribution in [0.25, 0.3) is 0 Å². The van der Waals surface area contributed by atoms with Crippen molar-refractivity contribution in [2.45, 2.75) is 51.7 Å². The van der Waals surface area contributed by atoms with Gasteiger partial charge in [0, 0.05) is 30.5 Å². The maximum Gasteiger partial charge on any atom is 0.105 e. The first-order chi connectivity index (χ1) is 9.59. The van der Waals surface area contributed by atoms with Gasteiger partial charge in [0.25, 0.3) is 0 Å². The summed E-state index contributed by atoms with van der Waals surface area (Å²) in [4.78, 5) is 4.28. The molecule has 20 heavy (non-hydrogen) atoms. The predicted octanol–water partition coefficient (Wildman–Crippen LogP) is 3.17. The fourth-order valence-corrected chi connectivity index (χ4v) is 2.92. The van der Waals surface area contributed by atoms with Crippen molar-refractivity contribution in [1.29, 1.82) is 0 Å². The van der Waals surface area contributed by atoms with E-state index < -0.39 is 0 Å². The average Bonchev–Trinajstić information content (AvgIpc) is 3.08. The third-order valence-corrected chi connectivity index (χ3v) is 4.27. The zero-order valence-corrected chi connectivity index (χ0v) is 12.6. The molecule has 1 aliphatic carbocycles. The van der Waals surface area contributed by atoms with Crippen LogP contribution in [0.2, 0.25) is 0 Å². The van der Waals surface area contributed by atoms with Crippen molar-refractivity contribution in [2.75, 3.05) is 0 Å². The number of hydrogen-bond donors (Lipinski definition) is 1. The Morgan fingerprint density at radius 3 is 2.50 bits per heavy atom. The van der Waals surface area contributed by atoms with Crippen LogP contribution in [-0.2, 0) is 12.1 Å². The lowest BCUT2D eigenvalue weighted by Crippen LogP contribution is -2.39. The predicted molar refractivity (Wildman–Crippen MR) is 81.7 cm³/mol. The van der Waals surface area contributed by atoms with E-state index in [2.05, 4.69) is 66.1 Å². The molecule has 0 saturated heterocycles. The standard InChI is InChI=1S/C17H23N3/c1-13-4-6-16(7-5-13)17(8-9-17)19-14(2)12-20-11-10-18-15(20)3/h4-7,10-11,14,19H,8-9,12H2,1-3H3. The Balaban J connectivity index is 1.68. The molecule has 0 bridgehead atoms. The second kappa shape index (κ2) is 5.06. The number of nitrogens with one attached hydrogen (secondary N) is 1. The number of hydrogen-bond acceptors (Lipinski definition) is 2. The molecule has 1 unspecified atom stereocenters. The first-order valence-electron chi connectivity index (χ1n) is 7.42. The highest BCUT2D eigenvalue weighted by molar-refractivity contribution is 5.32. The van der Waals surface area contributed by atoms with Gasteiger partial charge >= 0.3 is 0 Å². The maximum atomic E-state index is 4.28. The molecule has 1 saturated carbocycles. The van der Waals surface area contributed by atoms with Crippen molar-refractivity contribution >= 4 is 0 Å². The molecular formula is C17H23N3. The van der Waals surface area contributed by atoms with Gasteiger partial charge in [0.2, 0.25) is 0 Å². The van der Waals surface area contributed by atoms with Crippen LogP contribution in [0, 0.1) is 13.8 Å².